The van der Waals surface area contributed by atoms with E-state index in [4.69, 9.17) is 10.8 Å². The first-order chi connectivity index (χ1) is 8.20. The zero-order valence-corrected chi connectivity index (χ0v) is 10.5. The van der Waals surface area contributed by atoms with Crippen LogP contribution in [0.4, 0.5) is 0 Å². The summed E-state index contributed by atoms with van der Waals surface area (Å²) < 4.78 is 0. The molecular formula is C13H24N2O2. The molecule has 4 heteroatoms. The quantitative estimate of drug-likeness (QED) is 0.748. The van der Waals surface area contributed by atoms with Gasteiger partial charge in [0.25, 0.3) is 0 Å². The molecule has 2 fully saturated rings. The van der Waals surface area contributed by atoms with Gasteiger partial charge in [0, 0.05) is 31.7 Å². The van der Waals surface area contributed by atoms with Gasteiger partial charge in [0.2, 0.25) is 5.91 Å². The predicted molar refractivity (Wildman–Crippen MR) is 66.3 cm³/mol. The molecule has 2 rings (SSSR count). The van der Waals surface area contributed by atoms with Crippen LogP contribution in [0.25, 0.3) is 0 Å². The Kier molecular flexibility index (Phi) is 4.40. The number of hydrogen-bond donors (Lipinski definition) is 2. The largest absolute Gasteiger partial charge is 0.396 e. The molecule has 0 aromatic rings. The van der Waals surface area contributed by atoms with Crippen molar-refractivity contribution in [1.82, 2.24) is 4.90 Å². The molecule has 98 valence electrons. The van der Waals surface area contributed by atoms with Crippen molar-refractivity contribution in [1.29, 1.82) is 0 Å². The maximum atomic E-state index is 12.3. The third-order valence-electron chi connectivity index (χ3n) is 4.25. The standard InChI is InChI=1S/C13H24N2O2/c14-12-3-1-2-11(8-12)13(17)15-6-4-10(9-16)5-7-15/h10-12,16H,1-9,14H2. The summed E-state index contributed by atoms with van der Waals surface area (Å²) in [7, 11) is 0. The van der Waals surface area contributed by atoms with Crippen molar-refractivity contribution in [2.75, 3.05) is 19.7 Å². The Bertz CT molecular complexity index is 262. The van der Waals surface area contributed by atoms with Crippen LogP contribution in [0.2, 0.25) is 0 Å². The lowest BCUT2D eigenvalue weighted by Crippen LogP contribution is -2.44. The number of likely N-dealkylation sites (tertiary alicyclic amines) is 1. The van der Waals surface area contributed by atoms with Crippen LogP contribution in [0.15, 0.2) is 0 Å². The molecule has 1 amide bonds. The average molecular weight is 240 g/mol. The van der Waals surface area contributed by atoms with Crippen LogP contribution in [0, 0.1) is 11.8 Å². The van der Waals surface area contributed by atoms with Crippen molar-refractivity contribution in [3.8, 4) is 0 Å². The fraction of sp³-hybridized carbons (Fsp3) is 0.923. The fourth-order valence-corrected chi connectivity index (χ4v) is 3.05. The molecule has 0 bridgehead atoms. The lowest BCUT2D eigenvalue weighted by Gasteiger charge is -2.35. The molecule has 2 atom stereocenters. The van der Waals surface area contributed by atoms with Crippen LogP contribution in [0.3, 0.4) is 0 Å². The summed E-state index contributed by atoms with van der Waals surface area (Å²) in [5.74, 6) is 0.855. The van der Waals surface area contributed by atoms with Crippen LogP contribution >= 0.6 is 0 Å². The number of piperidine rings is 1. The van der Waals surface area contributed by atoms with E-state index in [-0.39, 0.29) is 18.6 Å². The molecule has 3 N–H and O–H groups in total. The van der Waals surface area contributed by atoms with Gasteiger partial charge in [0.1, 0.15) is 0 Å². The summed E-state index contributed by atoms with van der Waals surface area (Å²) in [6.07, 6.45) is 5.91. The Hall–Kier alpha value is -0.610. The lowest BCUT2D eigenvalue weighted by atomic mass is 9.84. The van der Waals surface area contributed by atoms with Gasteiger partial charge < -0.3 is 15.7 Å². The molecule has 4 nitrogen and oxygen atoms in total. The molecule has 1 saturated heterocycles. The molecule has 17 heavy (non-hydrogen) atoms. The van der Waals surface area contributed by atoms with Crippen molar-refractivity contribution in [2.45, 2.75) is 44.6 Å². The summed E-state index contributed by atoms with van der Waals surface area (Å²) in [5, 5.41) is 9.08. The third kappa shape index (κ3) is 3.19. The van der Waals surface area contributed by atoms with E-state index in [1.54, 1.807) is 0 Å². The molecular weight excluding hydrogens is 216 g/mol. The van der Waals surface area contributed by atoms with E-state index in [0.29, 0.717) is 11.8 Å². The molecule has 0 radical (unpaired) electrons. The number of aliphatic hydroxyl groups is 1. The van der Waals surface area contributed by atoms with E-state index >= 15 is 0 Å². The Morgan fingerprint density at radius 3 is 2.53 bits per heavy atom. The first kappa shape index (κ1) is 12.8. The van der Waals surface area contributed by atoms with Gasteiger partial charge in [0.05, 0.1) is 0 Å². The van der Waals surface area contributed by atoms with Gasteiger partial charge in [-0.2, -0.15) is 0 Å². The zero-order valence-electron chi connectivity index (χ0n) is 10.5. The average Bonchev–Trinajstić information content (AvgIpc) is 2.38. The molecule has 0 aromatic carbocycles. The number of aliphatic hydroxyl groups excluding tert-OH is 1. The maximum Gasteiger partial charge on any atom is 0.225 e. The molecule has 2 unspecified atom stereocenters. The van der Waals surface area contributed by atoms with E-state index in [2.05, 4.69) is 0 Å². The van der Waals surface area contributed by atoms with Gasteiger partial charge in [-0.3, -0.25) is 4.79 Å². The second-order valence-corrected chi connectivity index (χ2v) is 5.57. The van der Waals surface area contributed by atoms with E-state index in [0.717, 1.165) is 51.6 Å². The highest BCUT2D eigenvalue weighted by Crippen LogP contribution is 2.27. The topological polar surface area (TPSA) is 66.6 Å². The SMILES string of the molecule is NC1CCCC(C(=O)N2CCC(CO)CC2)C1. The highest BCUT2D eigenvalue weighted by molar-refractivity contribution is 5.79. The molecule has 1 aliphatic heterocycles. The second kappa shape index (κ2) is 5.83. The number of nitrogens with zero attached hydrogens (tertiary/aromatic N) is 1. The van der Waals surface area contributed by atoms with E-state index in [9.17, 15) is 4.79 Å². The Morgan fingerprint density at radius 2 is 1.94 bits per heavy atom. The van der Waals surface area contributed by atoms with Gasteiger partial charge in [-0.25, -0.2) is 0 Å². The predicted octanol–water partition coefficient (Wildman–Crippen LogP) is 0.735. The number of rotatable bonds is 2. The van der Waals surface area contributed by atoms with E-state index < -0.39 is 0 Å². The maximum absolute atomic E-state index is 12.3. The number of amides is 1. The Labute approximate surface area is 103 Å². The van der Waals surface area contributed by atoms with Crippen molar-refractivity contribution in [2.24, 2.45) is 17.6 Å². The lowest BCUT2D eigenvalue weighted by molar-refractivity contribution is -0.138. The highest BCUT2D eigenvalue weighted by atomic mass is 16.3. The van der Waals surface area contributed by atoms with Gasteiger partial charge >= 0.3 is 0 Å². The van der Waals surface area contributed by atoms with Gasteiger partial charge in [-0.1, -0.05) is 6.42 Å². The monoisotopic (exact) mass is 240 g/mol. The minimum Gasteiger partial charge on any atom is -0.396 e. The number of nitrogens with two attached hydrogens (primary N) is 1. The summed E-state index contributed by atoms with van der Waals surface area (Å²) in [4.78, 5) is 14.3. The molecule has 0 spiro atoms. The Morgan fingerprint density at radius 1 is 1.24 bits per heavy atom. The van der Waals surface area contributed by atoms with E-state index in [1.807, 2.05) is 4.90 Å². The van der Waals surface area contributed by atoms with Crippen LogP contribution in [0.5, 0.6) is 0 Å². The molecule has 0 aromatic heterocycles. The minimum atomic E-state index is 0.157. The minimum absolute atomic E-state index is 0.157. The van der Waals surface area contributed by atoms with Crippen LogP contribution < -0.4 is 5.73 Å². The third-order valence-corrected chi connectivity index (χ3v) is 4.25. The van der Waals surface area contributed by atoms with Crippen molar-refractivity contribution in [3.63, 3.8) is 0 Å². The molecule has 1 heterocycles. The fourth-order valence-electron chi connectivity index (χ4n) is 3.05. The summed E-state index contributed by atoms with van der Waals surface area (Å²) in [6.45, 7) is 1.89. The summed E-state index contributed by atoms with van der Waals surface area (Å²) in [6, 6.07) is 0.215. The number of carbonyl (C=O) groups excluding carboxylic acids is 1. The zero-order chi connectivity index (χ0) is 12.3. The van der Waals surface area contributed by atoms with Crippen LogP contribution in [-0.4, -0.2) is 41.7 Å². The summed E-state index contributed by atoms with van der Waals surface area (Å²) >= 11 is 0. The van der Waals surface area contributed by atoms with Gasteiger partial charge in [-0.15, -0.1) is 0 Å². The molecule has 1 saturated carbocycles. The normalized spacial score (nSPS) is 31.5. The van der Waals surface area contributed by atoms with Crippen LogP contribution in [-0.2, 0) is 4.79 Å². The number of carbonyl (C=O) groups is 1. The molecule has 1 aliphatic carbocycles. The van der Waals surface area contributed by atoms with Crippen molar-refractivity contribution >= 4 is 5.91 Å². The van der Waals surface area contributed by atoms with Gasteiger partial charge in [0.15, 0.2) is 0 Å². The number of hydrogen-bond acceptors (Lipinski definition) is 3. The first-order valence-electron chi connectivity index (χ1n) is 6.86. The van der Waals surface area contributed by atoms with E-state index in [1.165, 1.54) is 0 Å². The molecule has 2 aliphatic rings. The van der Waals surface area contributed by atoms with Crippen molar-refractivity contribution in [3.05, 3.63) is 0 Å². The first-order valence-corrected chi connectivity index (χ1v) is 6.86. The summed E-state index contributed by atoms with van der Waals surface area (Å²) in [5.41, 5.74) is 5.93. The Balaban J connectivity index is 1.83. The van der Waals surface area contributed by atoms with Crippen LogP contribution in [0.1, 0.15) is 38.5 Å². The van der Waals surface area contributed by atoms with Crippen molar-refractivity contribution < 1.29 is 9.90 Å². The smallest absolute Gasteiger partial charge is 0.225 e. The van der Waals surface area contributed by atoms with Gasteiger partial charge in [-0.05, 0) is 38.0 Å². The highest BCUT2D eigenvalue weighted by Gasteiger charge is 2.30. The second-order valence-electron chi connectivity index (χ2n) is 5.57.